The number of nitrogens with zero attached hydrogens (tertiary/aromatic N) is 1. The van der Waals surface area contributed by atoms with Crippen molar-refractivity contribution < 1.29 is 9.47 Å². The van der Waals surface area contributed by atoms with E-state index in [-0.39, 0.29) is 6.61 Å². The molecular formula is C10H9BrClNO2. The van der Waals surface area contributed by atoms with Gasteiger partial charge in [-0.25, -0.2) is 0 Å². The molecule has 0 heterocycles. The van der Waals surface area contributed by atoms with Gasteiger partial charge in [-0.2, -0.15) is 5.26 Å². The molecule has 3 nitrogen and oxygen atoms in total. The van der Waals surface area contributed by atoms with Gasteiger partial charge in [0.1, 0.15) is 12.7 Å². The van der Waals surface area contributed by atoms with Crippen LogP contribution in [-0.4, -0.2) is 19.1 Å². The fourth-order valence-electron chi connectivity index (χ4n) is 0.973. The molecule has 0 fully saturated rings. The number of hydrogen-bond donors (Lipinski definition) is 0. The SMILES string of the molecule is N#CCOc1cc(Br)ccc1OCCCl. The van der Waals surface area contributed by atoms with Crippen molar-refractivity contribution in [1.29, 1.82) is 5.26 Å². The van der Waals surface area contributed by atoms with Crippen molar-refractivity contribution in [2.75, 3.05) is 19.1 Å². The zero-order valence-electron chi connectivity index (χ0n) is 7.87. The second kappa shape index (κ2) is 6.54. The molecule has 80 valence electrons. The van der Waals surface area contributed by atoms with E-state index in [1.807, 2.05) is 12.1 Å². The summed E-state index contributed by atoms with van der Waals surface area (Å²) in [5, 5.41) is 8.42. The molecule has 15 heavy (non-hydrogen) atoms. The Morgan fingerprint density at radius 2 is 2.13 bits per heavy atom. The van der Waals surface area contributed by atoms with Crippen molar-refractivity contribution in [2.45, 2.75) is 0 Å². The van der Waals surface area contributed by atoms with Gasteiger partial charge in [0.2, 0.25) is 0 Å². The smallest absolute Gasteiger partial charge is 0.174 e. The second-order valence-electron chi connectivity index (χ2n) is 2.58. The van der Waals surface area contributed by atoms with Gasteiger partial charge >= 0.3 is 0 Å². The van der Waals surface area contributed by atoms with Crippen molar-refractivity contribution >= 4 is 27.5 Å². The summed E-state index contributed by atoms with van der Waals surface area (Å²) >= 11 is 8.82. The number of rotatable bonds is 5. The number of nitriles is 1. The Balaban J connectivity index is 2.78. The average Bonchev–Trinajstić information content (AvgIpc) is 2.25. The van der Waals surface area contributed by atoms with E-state index >= 15 is 0 Å². The van der Waals surface area contributed by atoms with E-state index in [2.05, 4.69) is 15.9 Å². The first-order valence-corrected chi connectivity index (χ1v) is 5.58. The van der Waals surface area contributed by atoms with Crippen molar-refractivity contribution in [1.82, 2.24) is 0 Å². The van der Waals surface area contributed by atoms with Gasteiger partial charge in [0.05, 0.1) is 5.88 Å². The van der Waals surface area contributed by atoms with Gasteiger partial charge in [0.25, 0.3) is 0 Å². The third-order valence-corrected chi connectivity index (χ3v) is 2.18. The van der Waals surface area contributed by atoms with E-state index in [0.717, 1.165) is 4.47 Å². The van der Waals surface area contributed by atoms with Crippen molar-refractivity contribution in [3.8, 4) is 17.6 Å². The van der Waals surface area contributed by atoms with E-state index in [9.17, 15) is 0 Å². The first kappa shape index (κ1) is 12.2. The quantitative estimate of drug-likeness (QED) is 0.783. The predicted octanol–water partition coefficient (Wildman–Crippen LogP) is 2.97. The molecule has 5 heteroatoms. The number of ether oxygens (including phenoxy) is 2. The van der Waals surface area contributed by atoms with Gasteiger partial charge < -0.3 is 9.47 Å². The molecule has 0 aromatic heterocycles. The Morgan fingerprint density at radius 3 is 2.80 bits per heavy atom. The van der Waals surface area contributed by atoms with Crippen LogP contribution in [0.2, 0.25) is 0 Å². The maximum atomic E-state index is 8.42. The molecule has 0 bridgehead atoms. The molecule has 1 aromatic carbocycles. The van der Waals surface area contributed by atoms with Gasteiger partial charge in [0, 0.05) is 4.47 Å². The minimum absolute atomic E-state index is 0.00626. The summed E-state index contributed by atoms with van der Waals surface area (Å²) in [6.45, 7) is 0.403. The summed E-state index contributed by atoms with van der Waals surface area (Å²) < 4.78 is 11.4. The van der Waals surface area contributed by atoms with Crippen LogP contribution in [0.5, 0.6) is 11.5 Å². The van der Waals surface area contributed by atoms with Gasteiger partial charge in [-0.05, 0) is 18.2 Å². The molecule has 0 atom stereocenters. The predicted molar refractivity (Wildman–Crippen MR) is 61.5 cm³/mol. The minimum atomic E-state index is -0.00626. The van der Waals surface area contributed by atoms with E-state index in [0.29, 0.717) is 24.0 Å². The van der Waals surface area contributed by atoms with Crippen molar-refractivity contribution in [3.05, 3.63) is 22.7 Å². The molecule has 0 amide bonds. The van der Waals surface area contributed by atoms with Crippen LogP contribution in [0.25, 0.3) is 0 Å². The van der Waals surface area contributed by atoms with Crippen LogP contribution in [0.1, 0.15) is 0 Å². The number of halogens is 2. The maximum absolute atomic E-state index is 8.42. The molecule has 1 rings (SSSR count). The van der Waals surface area contributed by atoms with Crippen LogP contribution in [0, 0.1) is 11.3 Å². The lowest BCUT2D eigenvalue weighted by Crippen LogP contribution is -2.02. The van der Waals surface area contributed by atoms with Crippen LogP contribution in [0.15, 0.2) is 22.7 Å². The summed E-state index contributed by atoms with van der Waals surface area (Å²) in [5.74, 6) is 1.54. The fourth-order valence-corrected chi connectivity index (χ4v) is 1.39. The molecule has 0 saturated heterocycles. The average molecular weight is 291 g/mol. The molecule has 0 aliphatic rings. The largest absolute Gasteiger partial charge is 0.488 e. The van der Waals surface area contributed by atoms with Crippen LogP contribution >= 0.6 is 27.5 Å². The zero-order chi connectivity index (χ0) is 11.1. The molecule has 0 aliphatic carbocycles. The summed E-state index contributed by atoms with van der Waals surface area (Å²) in [5.41, 5.74) is 0. The summed E-state index contributed by atoms with van der Waals surface area (Å²) in [7, 11) is 0. The Kier molecular flexibility index (Phi) is 5.30. The lowest BCUT2D eigenvalue weighted by molar-refractivity contribution is 0.300. The maximum Gasteiger partial charge on any atom is 0.174 e. The molecule has 0 N–H and O–H groups in total. The van der Waals surface area contributed by atoms with Crippen LogP contribution in [-0.2, 0) is 0 Å². The van der Waals surface area contributed by atoms with E-state index in [1.165, 1.54) is 0 Å². The Labute approximate surface area is 102 Å². The molecule has 0 spiro atoms. The molecule has 0 unspecified atom stereocenters. The Morgan fingerprint density at radius 1 is 1.33 bits per heavy atom. The lowest BCUT2D eigenvalue weighted by atomic mass is 10.3. The van der Waals surface area contributed by atoms with Gasteiger partial charge in [-0.15, -0.1) is 11.6 Å². The van der Waals surface area contributed by atoms with E-state index < -0.39 is 0 Å². The molecule has 0 aliphatic heterocycles. The standard InChI is InChI=1S/C10H9BrClNO2/c11-8-1-2-9(14-5-3-12)10(7-8)15-6-4-13/h1-2,7H,3,5-6H2. The first-order chi connectivity index (χ1) is 7.27. The number of alkyl halides is 1. The highest BCUT2D eigenvalue weighted by molar-refractivity contribution is 9.10. The number of benzene rings is 1. The highest BCUT2D eigenvalue weighted by atomic mass is 79.9. The monoisotopic (exact) mass is 289 g/mol. The minimum Gasteiger partial charge on any atom is -0.488 e. The van der Waals surface area contributed by atoms with Gasteiger partial charge in [-0.3, -0.25) is 0 Å². The zero-order valence-corrected chi connectivity index (χ0v) is 10.2. The normalized spacial score (nSPS) is 9.40. The van der Waals surface area contributed by atoms with Gasteiger partial charge in [0.15, 0.2) is 18.1 Å². The van der Waals surface area contributed by atoms with Gasteiger partial charge in [-0.1, -0.05) is 15.9 Å². The van der Waals surface area contributed by atoms with Crippen molar-refractivity contribution in [2.24, 2.45) is 0 Å². The summed E-state index contributed by atoms with van der Waals surface area (Å²) in [6.07, 6.45) is 0. The molecule has 0 radical (unpaired) electrons. The first-order valence-electron chi connectivity index (χ1n) is 4.26. The highest BCUT2D eigenvalue weighted by Crippen LogP contribution is 2.30. The van der Waals surface area contributed by atoms with E-state index in [1.54, 1.807) is 12.1 Å². The fraction of sp³-hybridized carbons (Fsp3) is 0.300. The lowest BCUT2D eigenvalue weighted by Gasteiger charge is -2.10. The van der Waals surface area contributed by atoms with Crippen molar-refractivity contribution in [3.63, 3.8) is 0 Å². The highest BCUT2D eigenvalue weighted by Gasteiger charge is 2.05. The Bertz CT molecular complexity index is 365. The second-order valence-corrected chi connectivity index (χ2v) is 3.87. The molecule has 0 saturated carbocycles. The molecule has 1 aromatic rings. The van der Waals surface area contributed by atoms with Crippen LogP contribution in [0.4, 0.5) is 0 Å². The van der Waals surface area contributed by atoms with E-state index in [4.69, 9.17) is 26.3 Å². The summed E-state index contributed by atoms with van der Waals surface area (Å²) in [6, 6.07) is 7.25. The van der Waals surface area contributed by atoms with Crippen LogP contribution < -0.4 is 9.47 Å². The third kappa shape index (κ3) is 3.98. The van der Waals surface area contributed by atoms with Crippen LogP contribution in [0.3, 0.4) is 0 Å². The number of hydrogen-bond acceptors (Lipinski definition) is 3. The summed E-state index contributed by atoms with van der Waals surface area (Å²) in [4.78, 5) is 0. The topological polar surface area (TPSA) is 42.2 Å². The third-order valence-electron chi connectivity index (χ3n) is 1.53. The Hall–Kier alpha value is -0.920. The molecular weight excluding hydrogens is 281 g/mol.